The zero-order valence-corrected chi connectivity index (χ0v) is 15.5. The lowest BCUT2D eigenvalue weighted by Gasteiger charge is -2.30. The largest absolute Gasteiger partial charge is 0.388 e. The van der Waals surface area contributed by atoms with Crippen LogP contribution in [0.5, 0.6) is 0 Å². The van der Waals surface area contributed by atoms with Gasteiger partial charge >= 0.3 is 0 Å². The molecule has 0 amide bonds. The zero-order valence-electron chi connectivity index (χ0n) is 13.1. The van der Waals surface area contributed by atoms with Crippen LogP contribution in [0.3, 0.4) is 0 Å². The summed E-state index contributed by atoms with van der Waals surface area (Å²) in [5, 5.41) is 16.9. The molecule has 0 radical (unpaired) electrons. The van der Waals surface area contributed by atoms with E-state index in [1.165, 1.54) is 0 Å². The SMILES string of the molecule is CCNC(=NCC1(O)CCOCC1)NCCn1cccc1.I. The van der Waals surface area contributed by atoms with E-state index < -0.39 is 5.60 Å². The molecule has 1 saturated heterocycles. The molecule has 0 aromatic carbocycles. The maximum absolute atomic E-state index is 10.4. The second-order valence-electron chi connectivity index (χ2n) is 5.38. The fourth-order valence-electron chi connectivity index (χ4n) is 2.30. The Labute approximate surface area is 149 Å². The molecule has 0 unspecified atom stereocenters. The first-order chi connectivity index (χ1) is 10.2. The molecule has 2 rings (SSSR count). The Hall–Kier alpha value is -0.800. The molecule has 1 fully saturated rings. The van der Waals surface area contributed by atoms with Gasteiger partial charge in [0.2, 0.25) is 0 Å². The van der Waals surface area contributed by atoms with Crippen molar-refractivity contribution in [1.82, 2.24) is 15.2 Å². The summed E-state index contributed by atoms with van der Waals surface area (Å²) in [6.45, 7) is 6.16. The van der Waals surface area contributed by atoms with E-state index in [1.54, 1.807) is 0 Å². The van der Waals surface area contributed by atoms with Gasteiger partial charge in [0.15, 0.2) is 5.96 Å². The first-order valence-corrected chi connectivity index (χ1v) is 7.65. The van der Waals surface area contributed by atoms with E-state index in [4.69, 9.17) is 4.74 Å². The molecule has 1 aliphatic rings. The second kappa shape index (κ2) is 10.1. The lowest BCUT2D eigenvalue weighted by Crippen LogP contribution is -2.43. The molecule has 0 aliphatic carbocycles. The van der Waals surface area contributed by atoms with Crippen LogP contribution in [-0.2, 0) is 11.3 Å². The highest BCUT2D eigenvalue weighted by atomic mass is 127. The van der Waals surface area contributed by atoms with Gasteiger partial charge in [-0.2, -0.15) is 0 Å². The average Bonchev–Trinajstić information content (AvgIpc) is 2.99. The van der Waals surface area contributed by atoms with Crippen LogP contribution in [0.25, 0.3) is 0 Å². The summed E-state index contributed by atoms with van der Waals surface area (Å²) >= 11 is 0. The molecule has 126 valence electrons. The molecule has 0 spiro atoms. The zero-order chi connectivity index (χ0) is 15.0. The topological polar surface area (TPSA) is 70.8 Å². The molecule has 3 N–H and O–H groups in total. The van der Waals surface area contributed by atoms with E-state index in [0.29, 0.717) is 32.6 Å². The third-order valence-corrected chi connectivity index (χ3v) is 3.63. The van der Waals surface area contributed by atoms with Crippen LogP contribution in [0.15, 0.2) is 29.5 Å². The molecule has 22 heavy (non-hydrogen) atoms. The van der Waals surface area contributed by atoms with E-state index in [1.807, 2.05) is 31.5 Å². The molecule has 6 nitrogen and oxygen atoms in total. The minimum Gasteiger partial charge on any atom is -0.388 e. The van der Waals surface area contributed by atoms with E-state index in [0.717, 1.165) is 25.6 Å². The Morgan fingerprint density at radius 2 is 1.95 bits per heavy atom. The molecule has 1 aromatic heterocycles. The van der Waals surface area contributed by atoms with Gasteiger partial charge in [-0.05, 0) is 19.1 Å². The molecule has 0 atom stereocenters. The van der Waals surface area contributed by atoms with Crippen molar-refractivity contribution in [2.24, 2.45) is 4.99 Å². The molecule has 0 bridgehead atoms. The van der Waals surface area contributed by atoms with Crippen molar-refractivity contribution in [1.29, 1.82) is 0 Å². The van der Waals surface area contributed by atoms with Gasteiger partial charge in [0.25, 0.3) is 0 Å². The van der Waals surface area contributed by atoms with Crippen LogP contribution >= 0.6 is 24.0 Å². The number of nitrogens with one attached hydrogen (secondary N) is 2. The minimum atomic E-state index is -0.721. The Morgan fingerprint density at radius 3 is 2.59 bits per heavy atom. The Kier molecular flexibility index (Phi) is 8.81. The third kappa shape index (κ3) is 6.53. The first kappa shape index (κ1) is 19.2. The van der Waals surface area contributed by atoms with E-state index in [9.17, 15) is 5.11 Å². The van der Waals surface area contributed by atoms with E-state index in [2.05, 4.69) is 20.2 Å². The molecular weight excluding hydrogens is 395 g/mol. The second-order valence-corrected chi connectivity index (χ2v) is 5.38. The van der Waals surface area contributed by atoms with Crippen LogP contribution in [0.2, 0.25) is 0 Å². The van der Waals surface area contributed by atoms with Crippen LogP contribution in [0, 0.1) is 0 Å². The summed E-state index contributed by atoms with van der Waals surface area (Å²) in [5.74, 6) is 0.754. The van der Waals surface area contributed by atoms with Crippen molar-refractivity contribution in [2.45, 2.75) is 31.9 Å². The van der Waals surface area contributed by atoms with Gasteiger partial charge in [0.1, 0.15) is 0 Å². The average molecular weight is 422 g/mol. The molecule has 1 aromatic rings. The fraction of sp³-hybridized carbons (Fsp3) is 0.667. The number of aliphatic hydroxyl groups is 1. The number of hydrogen-bond acceptors (Lipinski definition) is 3. The number of rotatable bonds is 6. The summed E-state index contributed by atoms with van der Waals surface area (Å²) < 4.78 is 7.40. The predicted molar refractivity (Wildman–Crippen MR) is 98.8 cm³/mol. The Morgan fingerprint density at radius 1 is 1.27 bits per heavy atom. The van der Waals surface area contributed by atoms with Crippen molar-refractivity contribution in [3.63, 3.8) is 0 Å². The first-order valence-electron chi connectivity index (χ1n) is 7.65. The number of nitrogens with zero attached hydrogens (tertiary/aromatic N) is 2. The quantitative estimate of drug-likeness (QED) is 0.366. The maximum Gasteiger partial charge on any atom is 0.191 e. The van der Waals surface area contributed by atoms with Gasteiger partial charge in [-0.15, -0.1) is 24.0 Å². The smallest absolute Gasteiger partial charge is 0.191 e. The predicted octanol–water partition coefficient (Wildman–Crippen LogP) is 1.20. The lowest BCUT2D eigenvalue weighted by molar-refractivity contribution is -0.0565. The summed E-state index contributed by atoms with van der Waals surface area (Å²) in [5.41, 5.74) is -0.721. The van der Waals surface area contributed by atoms with Gasteiger partial charge in [0.05, 0.1) is 12.1 Å². The van der Waals surface area contributed by atoms with E-state index >= 15 is 0 Å². The summed E-state index contributed by atoms with van der Waals surface area (Å²) in [4.78, 5) is 4.51. The fourth-order valence-corrected chi connectivity index (χ4v) is 2.30. The molecule has 2 heterocycles. The van der Waals surface area contributed by atoms with Crippen molar-refractivity contribution < 1.29 is 9.84 Å². The monoisotopic (exact) mass is 422 g/mol. The van der Waals surface area contributed by atoms with Crippen molar-refractivity contribution in [2.75, 3.05) is 32.8 Å². The van der Waals surface area contributed by atoms with Crippen molar-refractivity contribution in [3.05, 3.63) is 24.5 Å². The Balaban J connectivity index is 0.00000242. The van der Waals surface area contributed by atoms with Gasteiger partial charge in [-0.1, -0.05) is 0 Å². The number of halogens is 1. The normalized spacial score (nSPS) is 17.6. The van der Waals surface area contributed by atoms with Crippen LogP contribution in [0.1, 0.15) is 19.8 Å². The molecule has 0 saturated carbocycles. The molecular formula is C15H27IN4O2. The van der Waals surface area contributed by atoms with Gasteiger partial charge in [0, 0.05) is 58.1 Å². The van der Waals surface area contributed by atoms with Gasteiger partial charge in [-0.25, -0.2) is 0 Å². The van der Waals surface area contributed by atoms with Crippen LogP contribution in [-0.4, -0.2) is 54.1 Å². The van der Waals surface area contributed by atoms with Gasteiger partial charge in [-0.3, -0.25) is 4.99 Å². The van der Waals surface area contributed by atoms with Gasteiger partial charge < -0.3 is 25.0 Å². The standard InChI is InChI=1S/C15H26N4O2.HI/c1-2-16-14(17-7-10-19-8-3-4-9-19)18-13-15(20)5-11-21-12-6-15;/h3-4,8-9,20H,2,5-7,10-13H2,1H3,(H2,16,17,18);1H. The highest BCUT2D eigenvalue weighted by molar-refractivity contribution is 14.0. The summed E-state index contributed by atoms with van der Waals surface area (Å²) in [7, 11) is 0. The third-order valence-electron chi connectivity index (χ3n) is 3.63. The molecule has 1 aliphatic heterocycles. The lowest BCUT2D eigenvalue weighted by atomic mass is 9.95. The minimum absolute atomic E-state index is 0. The number of aromatic nitrogens is 1. The number of guanidine groups is 1. The maximum atomic E-state index is 10.4. The number of aliphatic imine (C=N–C) groups is 1. The van der Waals surface area contributed by atoms with Crippen molar-refractivity contribution in [3.8, 4) is 0 Å². The Bertz CT molecular complexity index is 431. The summed E-state index contributed by atoms with van der Waals surface area (Å²) in [6.07, 6.45) is 5.38. The number of ether oxygens (including phenoxy) is 1. The highest BCUT2D eigenvalue weighted by Crippen LogP contribution is 2.20. The van der Waals surface area contributed by atoms with Crippen molar-refractivity contribution >= 4 is 29.9 Å². The molecule has 7 heteroatoms. The highest BCUT2D eigenvalue weighted by Gasteiger charge is 2.29. The van der Waals surface area contributed by atoms with Crippen LogP contribution in [0.4, 0.5) is 0 Å². The number of hydrogen-bond donors (Lipinski definition) is 3. The summed E-state index contributed by atoms with van der Waals surface area (Å²) in [6, 6.07) is 4.03. The van der Waals surface area contributed by atoms with E-state index in [-0.39, 0.29) is 24.0 Å². The van der Waals surface area contributed by atoms with Crippen LogP contribution < -0.4 is 10.6 Å².